The molecule has 2 aliphatic rings. The fraction of sp³-hybridized carbons (Fsp3) is 0.773. The number of carboxylic acids is 1. The SMILES string of the molecule is NCCCC[C@H](NC(=O)[C@@H](N)CO)C(=O)N[C@@H](CO)C(=O)N1CCC[C@H]1C(=O)N1CCC[C@H]1C(=O)O. The Balaban J connectivity index is 2.10. The number of nitrogens with two attached hydrogens (primary N) is 2. The third-order valence-electron chi connectivity index (χ3n) is 6.55. The Bertz CT molecular complexity index is 811. The van der Waals surface area contributed by atoms with E-state index in [1.54, 1.807) is 0 Å². The molecule has 0 radical (unpaired) electrons. The van der Waals surface area contributed by atoms with Crippen molar-refractivity contribution < 1.29 is 39.3 Å². The van der Waals surface area contributed by atoms with Gasteiger partial charge in [0.15, 0.2) is 0 Å². The van der Waals surface area contributed by atoms with Crippen LogP contribution in [0.15, 0.2) is 0 Å². The van der Waals surface area contributed by atoms with Crippen LogP contribution in [0.2, 0.25) is 0 Å². The third kappa shape index (κ3) is 7.35. The van der Waals surface area contributed by atoms with E-state index in [1.165, 1.54) is 9.80 Å². The molecule has 0 saturated carbocycles. The van der Waals surface area contributed by atoms with Crippen LogP contribution >= 0.6 is 0 Å². The summed E-state index contributed by atoms with van der Waals surface area (Å²) in [6, 6.07) is -5.51. The predicted molar refractivity (Wildman–Crippen MR) is 126 cm³/mol. The van der Waals surface area contributed by atoms with Gasteiger partial charge in [0.05, 0.1) is 13.2 Å². The van der Waals surface area contributed by atoms with Gasteiger partial charge in [-0.25, -0.2) is 4.79 Å². The summed E-state index contributed by atoms with van der Waals surface area (Å²) in [5.41, 5.74) is 11.0. The van der Waals surface area contributed by atoms with E-state index in [1.807, 2.05) is 0 Å². The Kier molecular flexibility index (Phi) is 11.5. The number of rotatable bonds is 13. The molecule has 2 fully saturated rings. The van der Waals surface area contributed by atoms with Gasteiger partial charge in [0.1, 0.15) is 30.2 Å². The van der Waals surface area contributed by atoms with Gasteiger partial charge in [0.2, 0.25) is 23.6 Å². The maximum Gasteiger partial charge on any atom is 0.326 e. The molecule has 14 heteroatoms. The van der Waals surface area contributed by atoms with Crippen LogP contribution in [-0.2, 0) is 24.0 Å². The maximum absolute atomic E-state index is 13.2. The molecule has 0 spiro atoms. The summed E-state index contributed by atoms with van der Waals surface area (Å²) in [6.45, 7) is -0.488. The molecule has 204 valence electrons. The minimum absolute atomic E-state index is 0.190. The Labute approximate surface area is 209 Å². The molecule has 2 saturated heterocycles. The first-order chi connectivity index (χ1) is 17.2. The largest absolute Gasteiger partial charge is 0.480 e. The molecule has 2 aliphatic heterocycles. The lowest BCUT2D eigenvalue weighted by molar-refractivity contribution is -0.152. The minimum atomic E-state index is -1.37. The van der Waals surface area contributed by atoms with Gasteiger partial charge in [0.25, 0.3) is 0 Å². The number of hydrogen-bond donors (Lipinski definition) is 7. The minimum Gasteiger partial charge on any atom is -0.480 e. The number of aliphatic hydroxyl groups is 2. The highest BCUT2D eigenvalue weighted by molar-refractivity contribution is 5.96. The van der Waals surface area contributed by atoms with Crippen LogP contribution in [0.3, 0.4) is 0 Å². The number of aliphatic hydroxyl groups excluding tert-OH is 2. The monoisotopic (exact) mass is 514 g/mol. The summed E-state index contributed by atoms with van der Waals surface area (Å²) in [4.78, 5) is 65.4. The summed E-state index contributed by atoms with van der Waals surface area (Å²) < 4.78 is 0. The quantitative estimate of drug-likeness (QED) is 0.120. The Morgan fingerprint density at radius 3 is 2.06 bits per heavy atom. The molecule has 4 amide bonds. The molecular weight excluding hydrogens is 476 g/mol. The van der Waals surface area contributed by atoms with Crippen LogP contribution in [0.25, 0.3) is 0 Å². The number of carbonyl (C=O) groups excluding carboxylic acids is 4. The fourth-order valence-electron chi connectivity index (χ4n) is 4.55. The van der Waals surface area contributed by atoms with E-state index in [4.69, 9.17) is 16.6 Å². The van der Waals surface area contributed by atoms with E-state index in [2.05, 4.69) is 10.6 Å². The molecule has 0 aliphatic carbocycles. The van der Waals surface area contributed by atoms with Crippen molar-refractivity contribution in [2.75, 3.05) is 32.8 Å². The van der Waals surface area contributed by atoms with Gasteiger partial charge in [0, 0.05) is 13.1 Å². The van der Waals surface area contributed by atoms with Gasteiger partial charge in [-0.05, 0) is 51.5 Å². The molecule has 0 unspecified atom stereocenters. The summed E-state index contributed by atoms with van der Waals surface area (Å²) in [7, 11) is 0. The Morgan fingerprint density at radius 1 is 0.861 bits per heavy atom. The van der Waals surface area contributed by atoms with Crippen LogP contribution in [-0.4, -0.2) is 118 Å². The average molecular weight is 515 g/mol. The number of aliphatic carboxylic acids is 1. The van der Waals surface area contributed by atoms with Gasteiger partial charge < -0.3 is 47.2 Å². The summed E-state index contributed by atoms with van der Waals surface area (Å²) >= 11 is 0. The second-order valence-electron chi connectivity index (χ2n) is 9.10. The van der Waals surface area contributed by atoms with Crippen LogP contribution in [0.4, 0.5) is 0 Å². The lowest BCUT2D eigenvalue weighted by atomic mass is 10.1. The first-order valence-corrected chi connectivity index (χ1v) is 12.3. The predicted octanol–water partition coefficient (Wildman–Crippen LogP) is -3.54. The lowest BCUT2D eigenvalue weighted by Gasteiger charge is -2.32. The fourth-order valence-corrected chi connectivity index (χ4v) is 4.55. The number of nitrogens with zero attached hydrogens (tertiary/aromatic N) is 2. The number of likely N-dealkylation sites (tertiary alicyclic amines) is 2. The van der Waals surface area contributed by atoms with E-state index < -0.39 is 73.0 Å². The zero-order valence-corrected chi connectivity index (χ0v) is 20.3. The first kappa shape index (κ1) is 29.4. The molecule has 9 N–H and O–H groups in total. The van der Waals surface area contributed by atoms with Crippen LogP contribution < -0.4 is 22.1 Å². The highest BCUT2D eigenvalue weighted by atomic mass is 16.4. The van der Waals surface area contributed by atoms with E-state index in [0.717, 1.165) is 0 Å². The molecule has 0 aromatic carbocycles. The van der Waals surface area contributed by atoms with E-state index in [-0.39, 0.29) is 19.5 Å². The van der Waals surface area contributed by atoms with Crippen molar-refractivity contribution in [2.45, 2.75) is 75.2 Å². The standard InChI is InChI=1S/C22H38N6O8/c23-8-2-1-5-14(25-18(31)13(24)11-29)19(32)26-15(12-30)20(33)27-9-3-6-16(27)21(34)28-10-4-7-17(28)22(35)36/h13-17,29-30H,1-12,23-24H2,(H,25,31)(H,26,32)(H,35,36)/t13-,14-,15-,16-,17-/m0/s1. The molecule has 0 aromatic heterocycles. The van der Waals surface area contributed by atoms with E-state index >= 15 is 0 Å². The van der Waals surface area contributed by atoms with Crippen molar-refractivity contribution in [3.05, 3.63) is 0 Å². The Hall–Kier alpha value is -2.81. The van der Waals surface area contributed by atoms with E-state index in [9.17, 15) is 34.2 Å². The number of hydrogen-bond acceptors (Lipinski definition) is 9. The molecule has 2 heterocycles. The van der Waals surface area contributed by atoms with Crippen molar-refractivity contribution in [3.8, 4) is 0 Å². The topological polar surface area (TPSA) is 229 Å². The smallest absolute Gasteiger partial charge is 0.326 e. The van der Waals surface area contributed by atoms with E-state index in [0.29, 0.717) is 45.1 Å². The zero-order chi connectivity index (χ0) is 26.8. The highest BCUT2D eigenvalue weighted by Gasteiger charge is 2.43. The molecule has 36 heavy (non-hydrogen) atoms. The molecule has 0 aromatic rings. The number of nitrogens with one attached hydrogen (secondary N) is 2. The normalized spacial score (nSPS) is 22.1. The summed E-state index contributed by atoms with van der Waals surface area (Å²) in [5.74, 6) is -3.71. The number of carboxylic acid groups (broad SMARTS) is 1. The van der Waals surface area contributed by atoms with Crippen molar-refractivity contribution in [3.63, 3.8) is 0 Å². The summed E-state index contributed by atoms with van der Waals surface area (Å²) in [6.07, 6.45) is 3.01. The van der Waals surface area contributed by atoms with Crippen LogP contribution in [0.1, 0.15) is 44.9 Å². The van der Waals surface area contributed by atoms with Gasteiger partial charge >= 0.3 is 5.97 Å². The van der Waals surface area contributed by atoms with Crippen LogP contribution in [0, 0.1) is 0 Å². The molecule has 2 rings (SSSR count). The second kappa shape index (κ2) is 14.1. The van der Waals surface area contributed by atoms with Crippen molar-refractivity contribution in [2.24, 2.45) is 11.5 Å². The second-order valence-corrected chi connectivity index (χ2v) is 9.10. The lowest BCUT2D eigenvalue weighted by Crippen LogP contribution is -2.59. The molecule has 5 atom stereocenters. The first-order valence-electron chi connectivity index (χ1n) is 12.3. The maximum atomic E-state index is 13.2. The van der Waals surface area contributed by atoms with Gasteiger partial charge in [-0.2, -0.15) is 0 Å². The van der Waals surface area contributed by atoms with Crippen molar-refractivity contribution in [1.82, 2.24) is 20.4 Å². The van der Waals surface area contributed by atoms with Crippen LogP contribution in [0.5, 0.6) is 0 Å². The molecular formula is C22H38N6O8. The summed E-state index contributed by atoms with van der Waals surface area (Å²) in [5, 5.41) is 33.3. The number of unbranched alkanes of at least 4 members (excludes halogenated alkanes) is 1. The van der Waals surface area contributed by atoms with Gasteiger partial charge in [-0.15, -0.1) is 0 Å². The van der Waals surface area contributed by atoms with Crippen molar-refractivity contribution in [1.29, 1.82) is 0 Å². The average Bonchev–Trinajstić information content (AvgIpc) is 3.55. The molecule has 0 bridgehead atoms. The van der Waals surface area contributed by atoms with Crippen molar-refractivity contribution >= 4 is 29.6 Å². The number of amides is 4. The highest BCUT2D eigenvalue weighted by Crippen LogP contribution is 2.25. The van der Waals surface area contributed by atoms with Gasteiger partial charge in [-0.1, -0.05) is 0 Å². The van der Waals surface area contributed by atoms with Gasteiger partial charge in [-0.3, -0.25) is 19.2 Å². The zero-order valence-electron chi connectivity index (χ0n) is 20.3. The number of carbonyl (C=O) groups is 5. The Morgan fingerprint density at radius 2 is 1.47 bits per heavy atom. The molecule has 14 nitrogen and oxygen atoms in total. The third-order valence-corrected chi connectivity index (χ3v) is 6.55.